The monoisotopic (exact) mass is 319 g/mol. The summed E-state index contributed by atoms with van der Waals surface area (Å²) in [5, 5.41) is 4.17. The maximum Gasteiger partial charge on any atom is 0.0478 e. The standard InChI is InChI=1S/C13H19BrClNO/c1-2-7-17-8-3-6-16-10-11-9-12(14)4-5-13(11)15/h4-5,9,16H,2-3,6-8,10H2,1H3. The van der Waals surface area contributed by atoms with Crippen LogP contribution in [0.1, 0.15) is 25.3 Å². The molecule has 0 aliphatic carbocycles. The lowest BCUT2D eigenvalue weighted by Crippen LogP contribution is -2.16. The number of halogens is 2. The SMILES string of the molecule is CCCOCCCNCc1cc(Br)ccc1Cl. The molecule has 0 radical (unpaired) electrons. The van der Waals surface area contributed by atoms with E-state index in [0.717, 1.165) is 54.2 Å². The van der Waals surface area contributed by atoms with Gasteiger partial charge in [0.2, 0.25) is 0 Å². The van der Waals surface area contributed by atoms with Crippen LogP contribution in [0.3, 0.4) is 0 Å². The van der Waals surface area contributed by atoms with Crippen molar-refractivity contribution in [3.8, 4) is 0 Å². The van der Waals surface area contributed by atoms with Crippen molar-refractivity contribution < 1.29 is 4.74 Å². The van der Waals surface area contributed by atoms with Crippen LogP contribution in [0.25, 0.3) is 0 Å². The second kappa shape index (κ2) is 8.92. The third-order valence-corrected chi connectivity index (χ3v) is 3.18. The van der Waals surface area contributed by atoms with Crippen LogP contribution in [0.2, 0.25) is 5.02 Å². The molecule has 0 fully saturated rings. The van der Waals surface area contributed by atoms with E-state index in [1.165, 1.54) is 0 Å². The summed E-state index contributed by atoms with van der Waals surface area (Å²) in [6.45, 7) is 5.55. The summed E-state index contributed by atoms with van der Waals surface area (Å²) in [5.41, 5.74) is 1.12. The van der Waals surface area contributed by atoms with E-state index < -0.39 is 0 Å². The summed E-state index contributed by atoms with van der Waals surface area (Å²) in [7, 11) is 0. The Balaban J connectivity index is 2.15. The number of nitrogens with one attached hydrogen (secondary N) is 1. The minimum atomic E-state index is 0.798. The molecule has 96 valence electrons. The van der Waals surface area contributed by atoms with Gasteiger partial charge in [-0.05, 0) is 43.1 Å². The summed E-state index contributed by atoms with van der Waals surface area (Å²) in [6, 6.07) is 5.90. The molecule has 0 aliphatic heterocycles. The molecular weight excluding hydrogens is 302 g/mol. The lowest BCUT2D eigenvalue weighted by Gasteiger charge is -2.07. The highest BCUT2D eigenvalue weighted by molar-refractivity contribution is 9.10. The molecular formula is C13H19BrClNO. The molecule has 0 saturated heterocycles. The van der Waals surface area contributed by atoms with Crippen LogP contribution >= 0.6 is 27.5 Å². The van der Waals surface area contributed by atoms with Crippen molar-refractivity contribution in [1.29, 1.82) is 0 Å². The van der Waals surface area contributed by atoms with Crippen LogP contribution in [0, 0.1) is 0 Å². The predicted molar refractivity (Wildman–Crippen MR) is 76.6 cm³/mol. The molecule has 1 aromatic carbocycles. The van der Waals surface area contributed by atoms with E-state index >= 15 is 0 Å². The summed E-state index contributed by atoms with van der Waals surface area (Å²) in [5.74, 6) is 0. The van der Waals surface area contributed by atoms with Gasteiger partial charge in [0.25, 0.3) is 0 Å². The zero-order chi connectivity index (χ0) is 12.5. The number of hydrogen-bond acceptors (Lipinski definition) is 2. The molecule has 0 unspecified atom stereocenters. The molecule has 17 heavy (non-hydrogen) atoms. The maximum absolute atomic E-state index is 6.09. The molecule has 0 heterocycles. The third kappa shape index (κ3) is 6.41. The van der Waals surface area contributed by atoms with Crippen molar-refractivity contribution in [1.82, 2.24) is 5.32 Å². The Hall–Kier alpha value is -0.0900. The zero-order valence-electron chi connectivity index (χ0n) is 10.1. The van der Waals surface area contributed by atoms with Gasteiger partial charge in [0, 0.05) is 29.3 Å². The Kier molecular flexibility index (Phi) is 7.86. The minimum absolute atomic E-state index is 0.798. The summed E-state index contributed by atoms with van der Waals surface area (Å²) in [4.78, 5) is 0. The van der Waals surface area contributed by atoms with Crippen molar-refractivity contribution in [3.63, 3.8) is 0 Å². The van der Waals surface area contributed by atoms with Gasteiger partial charge in [-0.1, -0.05) is 34.5 Å². The number of rotatable bonds is 8. The van der Waals surface area contributed by atoms with E-state index in [1.807, 2.05) is 18.2 Å². The number of ether oxygens (including phenoxy) is 1. The van der Waals surface area contributed by atoms with Gasteiger partial charge in [-0.3, -0.25) is 0 Å². The molecule has 0 atom stereocenters. The van der Waals surface area contributed by atoms with Crippen LogP contribution in [-0.2, 0) is 11.3 Å². The van der Waals surface area contributed by atoms with Gasteiger partial charge in [0.15, 0.2) is 0 Å². The third-order valence-electron chi connectivity index (χ3n) is 2.31. The van der Waals surface area contributed by atoms with Gasteiger partial charge in [0.05, 0.1) is 0 Å². The van der Waals surface area contributed by atoms with Gasteiger partial charge in [-0.25, -0.2) is 0 Å². The Labute approximate surface area is 117 Å². The largest absolute Gasteiger partial charge is 0.381 e. The molecule has 0 bridgehead atoms. The first-order valence-electron chi connectivity index (χ1n) is 5.96. The summed E-state index contributed by atoms with van der Waals surface area (Å²) in [6.07, 6.45) is 2.12. The Morgan fingerprint density at radius 3 is 2.94 bits per heavy atom. The molecule has 1 N–H and O–H groups in total. The first-order chi connectivity index (χ1) is 8.24. The highest BCUT2D eigenvalue weighted by Gasteiger charge is 2.00. The Bertz CT molecular complexity index is 333. The molecule has 2 nitrogen and oxygen atoms in total. The van der Waals surface area contributed by atoms with E-state index in [4.69, 9.17) is 16.3 Å². The van der Waals surface area contributed by atoms with Crippen molar-refractivity contribution in [3.05, 3.63) is 33.3 Å². The average molecular weight is 321 g/mol. The lowest BCUT2D eigenvalue weighted by molar-refractivity contribution is 0.132. The topological polar surface area (TPSA) is 21.3 Å². The Morgan fingerprint density at radius 2 is 2.18 bits per heavy atom. The fraction of sp³-hybridized carbons (Fsp3) is 0.538. The van der Waals surface area contributed by atoms with E-state index in [0.29, 0.717) is 0 Å². The normalized spacial score (nSPS) is 10.8. The van der Waals surface area contributed by atoms with Crippen molar-refractivity contribution in [2.45, 2.75) is 26.3 Å². The maximum atomic E-state index is 6.09. The molecule has 0 saturated carbocycles. The zero-order valence-corrected chi connectivity index (χ0v) is 12.5. The average Bonchev–Trinajstić information content (AvgIpc) is 2.32. The van der Waals surface area contributed by atoms with Crippen LogP contribution < -0.4 is 5.32 Å². The van der Waals surface area contributed by atoms with E-state index in [9.17, 15) is 0 Å². The first-order valence-corrected chi connectivity index (χ1v) is 7.13. The van der Waals surface area contributed by atoms with Crippen LogP contribution in [0.4, 0.5) is 0 Å². The predicted octanol–water partition coefficient (Wildman–Crippen LogP) is 4.01. The highest BCUT2D eigenvalue weighted by Crippen LogP contribution is 2.20. The minimum Gasteiger partial charge on any atom is -0.381 e. The molecule has 0 aliphatic rings. The van der Waals surface area contributed by atoms with Crippen LogP contribution in [0.15, 0.2) is 22.7 Å². The van der Waals surface area contributed by atoms with Gasteiger partial charge in [0.1, 0.15) is 0 Å². The van der Waals surface area contributed by atoms with Crippen molar-refractivity contribution in [2.24, 2.45) is 0 Å². The molecule has 1 aromatic rings. The molecule has 4 heteroatoms. The number of benzene rings is 1. The van der Waals surface area contributed by atoms with Crippen LogP contribution in [0.5, 0.6) is 0 Å². The van der Waals surface area contributed by atoms with Gasteiger partial charge >= 0.3 is 0 Å². The second-order valence-electron chi connectivity index (χ2n) is 3.88. The Morgan fingerprint density at radius 1 is 1.35 bits per heavy atom. The van der Waals surface area contributed by atoms with Gasteiger partial charge in [-0.15, -0.1) is 0 Å². The first kappa shape index (κ1) is 15.0. The van der Waals surface area contributed by atoms with Crippen molar-refractivity contribution in [2.75, 3.05) is 19.8 Å². The van der Waals surface area contributed by atoms with E-state index in [1.54, 1.807) is 0 Å². The molecule has 0 spiro atoms. The quantitative estimate of drug-likeness (QED) is 0.731. The molecule has 0 amide bonds. The molecule has 1 rings (SSSR count). The van der Waals surface area contributed by atoms with E-state index in [2.05, 4.69) is 28.2 Å². The summed E-state index contributed by atoms with van der Waals surface area (Å²) < 4.78 is 6.46. The highest BCUT2D eigenvalue weighted by atomic mass is 79.9. The fourth-order valence-electron chi connectivity index (χ4n) is 1.45. The lowest BCUT2D eigenvalue weighted by atomic mass is 10.2. The van der Waals surface area contributed by atoms with Gasteiger partial charge < -0.3 is 10.1 Å². The smallest absolute Gasteiger partial charge is 0.0478 e. The summed E-state index contributed by atoms with van der Waals surface area (Å²) >= 11 is 9.53. The van der Waals surface area contributed by atoms with Crippen LogP contribution in [-0.4, -0.2) is 19.8 Å². The van der Waals surface area contributed by atoms with Gasteiger partial charge in [-0.2, -0.15) is 0 Å². The number of hydrogen-bond donors (Lipinski definition) is 1. The van der Waals surface area contributed by atoms with E-state index in [-0.39, 0.29) is 0 Å². The second-order valence-corrected chi connectivity index (χ2v) is 5.20. The molecule has 0 aromatic heterocycles. The fourth-order valence-corrected chi connectivity index (χ4v) is 2.04. The van der Waals surface area contributed by atoms with Crippen molar-refractivity contribution >= 4 is 27.5 Å².